The average molecular weight is 557 g/mol. The lowest BCUT2D eigenvalue weighted by atomic mass is 10.1. The highest BCUT2D eigenvalue weighted by atomic mass is 35.5. The van der Waals surface area contributed by atoms with Crippen molar-refractivity contribution in [1.29, 1.82) is 0 Å². The van der Waals surface area contributed by atoms with E-state index < -0.39 is 12.5 Å². The van der Waals surface area contributed by atoms with Gasteiger partial charge in [0.2, 0.25) is 5.91 Å². The Balaban J connectivity index is 1.57. The van der Waals surface area contributed by atoms with Crippen LogP contribution in [0.3, 0.4) is 0 Å². The van der Waals surface area contributed by atoms with E-state index in [9.17, 15) is 18.4 Å². The minimum Gasteiger partial charge on any atom is -0.435 e. The number of amidine groups is 1. The summed E-state index contributed by atoms with van der Waals surface area (Å²) in [5, 5.41) is 3.59. The minimum absolute atomic E-state index is 0.0252. The second kappa shape index (κ2) is 12.1. The number of rotatable bonds is 8. The number of nitrogens with one attached hydrogen (secondary N) is 1. The molecule has 0 fully saturated rings. The van der Waals surface area contributed by atoms with E-state index in [4.69, 9.17) is 11.6 Å². The Bertz CT molecular complexity index is 1360. The van der Waals surface area contributed by atoms with E-state index in [1.807, 2.05) is 43.3 Å². The molecule has 2 amide bonds. The van der Waals surface area contributed by atoms with Crippen LogP contribution >= 0.6 is 23.4 Å². The van der Waals surface area contributed by atoms with Crippen molar-refractivity contribution in [3.05, 3.63) is 89.1 Å². The summed E-state index contributed by atoms with van der Waals surface area (Å²) >= 11 is 6.96. The standard InChI is InChI=1S/C27H23ClF2N4O3S/c1-33(2)20-9-3-17(4-10-20)15-23-25(36)34(21-11-13-22(14-12-21)37-26(29)30)27(32-23)38-16-24(35)31-19-7-5-18(28)6-8-19/h3-15,26H,16H2,1-2H3,(H,31,35). The van der Waals surface area contributed by atoms with Gasteiger partial charge >= 0.3 is 6.61 Å². The molecule has 0 saturated heterocycles. The van der Waals surface area contributed by atoms with Crippen LogP contribution in [-0.4, -0.2) is 43.4 Å². The first-order chi connectivity index (χ1) is 18.2. The number of nitrogens with zero attached hydrogens (tertiary/aromatic N) is 3. The van der Waals surface area contributed by atoms with E-state index in [1.165, 1.54) is 29.2 Å². The second-order valence-corrected chi connectivity index (χ2v) is 9.65. The quantitative estimate of drug-likeness (QED) is 0.338. The van der Waals surface area contributed by atoms with Gasteiger partial charge in [-0.25, -0.2) is 4.99 Å². The molecule has 196 valence electrons. The van der Waals surface area contributed by atoms with Crippen LogP contribution in [-0.2, 0) is 9.59 Å². The average Bonchev–Trinajstić information content (AvgIpc) is 3.19. The van der Waals surface area contributed by atoms with Crippen LogP contribution in [0.4, 0.5) is 25.8 Å². The summed E-state index contributed by atoms with van der Waals surface area (Å²) in [6.07, 6.45) is 1.66. The molecule has 0 bridgehead atoms. The molecule has 1 N–H and O–H groups in total. The molecule has 11 heteroatoms. The maximum atomic E-state index is 13.4. The van der Waals surface area contributed by atoms with Crippen molar-refractivity contribution in [3.8, 4) is 5.75 Å². The molecule has 4 rings (SSSR count). The fraction of sp³-hybridized carbons (Fsp3) is 0.148. The van der Waals surface area contributed by atoms with Gasteiger partial charge in [-0.1, -0.05) is 35.5 Å². The Labute approximate surface area is 227 Å². The van der Waals surface area contributed by atoms with Gasteiger partial charge < -0.3 is 15.0 Å². The Kier molecular flexibility index (Phi) is 8.65. The highest BCUT2D eigenvalue weighted by Gasteiger charge is 2.32. The van der Waals surface area contributed by atoms with Crippen LogP contribution in [0.2, 0.25) is 5.02 Å². The third-order valence-electron chi connectivity index (χ3n) is 5.32. The summed E-state index contributed by atoms with van der Waals surface area (Å²) in [6.45, 7) is -2.96. The largest absolute Gasteiger partial charge is 0.435 e. The third kappa shape index (κ3) is 6.90. The molecule has 0 saturated carbocycles. The lowest BCUT2D eigenvalue weighted by Crippen LogP contribution is -2.31. The van der Waals surface area contributed by atoms with Gasteiger partial charge in [0.15, 0.2) is 5.17 Å². The summed E-state index contributed by atoms with van der Waals surface area (Å²) < 4.78 is 29.5. The molecule has 1 aliphatic rings. The van der Waals surface area contributed by atoms with E-state index in [0.717, 1.165) is 23.0 Å². The summed E-state index contributed by atoms with van der Waals surface area (Å²) in [7, 11) is 3.86. The summed E-state index contributed by atoms with van der Waals surface area (Å²) in [6, 6.07) is 19.9. The Morgan fingerprint density at radius 1 is 1.08 bits per heavy atom. The number of anilines is 3. The molecule has 3 aromatic carbocycles. The first-order valence-corrected chi connectivity index (χ1v) is 12.7. The van der Waals surface area contributed by atoms with Crippen molar-refractivity contribution in [2.75, 3.05) is 35.0 Å². The number of amides is 2. The summed E-state index contributed by atoms with van der Waals surface area (Å²) in [5.41, 5.74) is 2.93. The fourth-order valence-corrected chi connectivity index (χ4v) is 4.42. The van der Waals surface area contributed by atoms with Crippen LogP contribution in [0.25, 0.3) is 6.08 Å². The van der Waals surface area contributed by atoms with E-state index in [2.05, 4.69) is 15.0 Å². The molecular formula is C27H23ClF2N4O3S. The zero-order valence-electron chi connectivity index (χ0n) is 20.4. The van der Waals surface area contributed by atoms with Crippen LogP contribution in [0.1, 0.15) is 5.56 Å². The van der Waals surface area contributed by atoms with Gasteiger partial charge in [0.1, 0.15) is 11.4 Å². The SMILES string of the molecule is CN(C)c1ccc(C=C2N=C(SCC(=O)Nc3ccc(Cl)cc3)N(c3ccc(OC(F)F)cc3)C2=O)cc1. The number of aliphatic imine (C=N–C) groups is 1. The molecule has 0 spiro atoms. The predicted molar refractivity (Wildman–Crippen MR) is 149 cm³/mol. The van der Waals surface area contributed by atoms with Gasteiger partial charge in [-0.3, -0.25) is 14.5 Å². The van der Waals surface area contributed by atoms with E-state index >= 15 is 0 Å². The Hall–Kier alpha value is -3.89. The van der Waals surface area contributed by atoms with Gasteiger partial charge in [-0.15, -0.1) is 0 Å². The molecule has 3 aromatic rings. The molecule has 0 aromatic heterocycles. The minimum atomic E-state index is -2.96. The smallest absolute Gasteiger partial charge is 0.387 e. The van der Waals surface area contributed by atoms with E-state index in [1.54, 1.807) is 30.3 Å². The number of benzene rings is 3. The zero-order valence-corrected chi connectivity index (χ0v) is 22.0. The van der Waals surface area contributed by atoms with Gasteiger partial charge in [0.05, 0.1) is 11.4 Å². The van der Waals surface area contributed by atoms with Crippen molar-refractivity contribution < 1.29 is 23.1 Å². The van der Waals surface area contributed by atoms with Crippen LogP contribution in [0.15, 0.2) is 83.5 Å². The first kappa shape index (κ1) is 27.2. The van der Waals surface area contributed by atoms with Crippen LogP contribution in [0, 0.1) is 0 Å². The number of carbonyl (C=O) groups excluding carboxylic acids is 2. The predicted octanol–water partition coefficient (Wildman–Crippen LogP) is 6.12. The molecule has 1 aliphatic heterocycles. The van der Waals surface area contributed by atoms with Gasteiger partial charge in [-0.05, 0) is 72.3 Å². The molecule has 38 heavy (non-hydrogen) atoms. The van der Waals surface area contributed by atoms with Crippen molar-refractivity contribution in [2.24, 2.45) is 4.99 Å². The molecule has 0 unspecified atom stereocenters. The van der Waals surface area contributed by atoms with Gasteiger partial charge in [0.25, 0.3) is 5.91 Å². The normalized spacial score (nSPS) is 14.2. The third-order valence-corrected chi connectivity index (χ3v) is 6.51. The van der Waals surface area contributed by atoms with Crippen LogP contribution in [0.5, 0.6) is 5.75 Å². The van der Waals surface area contributed by atoms with Crippen molar-refractivity contribution in [3.63, 3.8) is 0 Å². The van der Waals surface area contributed by atoms with Gasteiger partial charge in [-0.2, -0.15) is 8.78 Å². The van der Waals surface area contributed by atoms with E-state index in [0.29, 0.717) is 16.4 Å². The molecule has 0 radical (unpaired) electrons. The van der Waals surface area contributed by atoms with Crippen molar-refractivity contribution in [2.45, 2.75) is 6.61 Å². The lowest BCUT2D eigenvalue weighted by Gasteiger charge is -2.18. The number of ether oxygens (including phenoxy) is 1. The first-order valence-electron chi connectivity index (χ1n) is 11.3. The number of hydrogen-bond acceptors (Lipinski definition) is 6. The zero-order chi connectivity index (χ0) is 27.2. The Morgan fingerprint density at radius 2 is 1.74 bits per heavy atom. The van der Waals surface area contributed by atoms with E-state index in [-0.39, 0.29) is 28.3 Å². The van der Waals surface area contributed by atoms with Crippen molar-refractivity contribution >= 4 is 63.5 Å². The van der Waals surface area contributed by atoms with Crippen LogP contribution < -0.4 is 19.9 Å². The number of thioether (sulfide) groups is 1. The number of alkyl halides is 2. The number of carbonyl (C=O) groups is 2. The van der Waals surface area contributed by atoms with Gasteiger partial charge in [0, 0.05) is 30.5 Å². The molecular weight excluding hydrogens is 534 g/mol. The molecule has 0 aliphatic carbocycles. The summed E-state index contributed by atoms with van der Waals surface area (Å²) in [5.74, 6) is -0.780. The summed E-state index contributed by atoms with van der Waals surface area (Å²) in [4.78, 5) is 33.7. The number of hydrogen-bond donors (Lipinski definition) is 1. The Morgan fingerprint density at radius 3 is 2.34 bits per heavy atom. The molecule has 1 heterocycles. The second-order valence-electron chi connectivity index (χ2n) is 8.27. The fourth-order valence-electron chi connectivity index (χ4n) is 3.48. The molecule has 0 atom stereocenters. The highest BCUT2D eigenvalue weighted by molar-refractivity contribution is 8.14. The topological polar surface area (TPSA) is 74.2 Å². The highest BCUT2D eigenvalue weighted by Crippen LogP contribution is 2.31. The number of halogens is 3. The monoisotopic (exact) mass is 556 g/mol. The van der Waals surface area contributed by atoms with Crippen molar-refractivity contribution in [1.82, 2.24) is 0 Å². The maximum absolute atomic E-state index is 13.4. The lowest BCUT2D eigenvalue weighted by molar-refractivity contribution is -0.114. The maximum Gasteiger partial charge on any atom is 0.387 e. The molecule has 7 nitrogen and oxygen atoms in total.